The first-order valence-electron chi connectivity index (χ1n) is 24.9. The van der Waals surface area contributed by atoms with Gasteiger partial charge in [0.2, 0.25) is 35.4 Å². The highest BCUT2D eigenvalue weighted by molar-refractivity contribution is 7.52. The lowest BCUT2D eigenvalue weighted by Crippen LogP contribution is -2.66. The number of piperazine rings is 1. The summed E-state index contributed by atoms with van der Waals surface area (Å²) in [7, 11) is -5.87. The van der Waals surface area contributed by atoms with E-state index in [0.29, 0.717) is 29.5 Å². The van der Waals surface area contributed by atoms with Crippen molar-refractivity contribution in [2.24, 2.45) is 5.41 Å². The maximum Gasteiger partial charge on any atom is 0.399 e. The molecule has 20 nitrogen and oxygen atoms in total. The van der Waals surface area contributed by atoms with Crippen LogP contribution in [0.3, 0.4) is 0 Å². The first kappa shape index (κ1) is 56.0. The summed E-state index contributed by atoms with van der Waals surface area (Å²) in [5, 5.41) is 7.79. The van der Waals surface area contributed by atoms with Crippen LogP contribution in [-0.4, -0.2) is 147 Å². The summed E-state index contributed by atoms with van der Waals surface area (Å²) in [5.74, 6) is 0.394. The predicted octanol–water partition coefficient (Wildman–Crippen LogP) is 4.04. The molecular weight excluding hydrogens is 1040 g/mol. The van der Waals surface area contributed by atoms with Crippen LogP contribution in [-0.2, 0) is 43.7 Å². The van der Waals surface area contributed by atoms with Crippen molar-refractivity contribution in [1.82, 2.24) is 35.6 Å². The Morgan fingerprint density at radius 1 is 0.909 bits per heavy atom. The van der Waals surface area contributed by atoms with E-state index in [-0.39, 0.29) is 80.1 Å². The van der Waals surface area contributed by atoms with Crippen molar-refractivity contribution in [2.45, 2.75) is 89.2 Å². The number of alkyl halides is 2. The zero-order valence-electron chi connectivity index (χ0n) is 42.2. The van der Waals surface area contributed by atoms with Gasteiger partial charge in [0, 0.05) is 54.8 Å². The second-order valence-corrected chi connectivity index (χ2v) is 22.9. The number of morpholine rings is 1. The number of carbonyl (C=O) groups excluding carboxylic acids is 9. The van der Waals surface area contributed by atoms with Crippen LogP contribution in [0.4, 0.5) is 8.78 Å². The second kappa shape index (κ2) is 22.8. The van der Waals surface area contributed by atoms with Gasteiger partial charge in [-0.25, -0.2) is 0 Å². The normalized spacial score (nSPS) is 19.5. The number of piperidine rings is 1. The number of ether oxygens (including phenoxy) is 1. The fourth-order valence-electron chi connectivity index (χ4n) is 9.60. The number of carbonyl (C=O) groups is 9. The van der Waals surface area contributed by atoms with Gasteiger partial charge in [-0.2, -0.15) is 8.78 Å². The van der Waals surface area contributed by atoms with Crippen LogP contribution in [0, 0.1) is 17.3 Å². The number of unbranched alkanes of at least 4 members (excludes halogenated alkanes) is 2. The largest absolute Gasteiger partial charge is 0.399 e. The molecule has 1 aromatic heterocycles. The van der Waals surface area contributed by atoms with Crippen molar-refractivity contribution in [1.29, 1.82) is 0 Å². The van der Waals surface area contributed by atoms with E-state index in [4.69, 9.17) is 4.74 Å². The highest BCUT2D eigenvalue weighted by Gasteiger charge is 2.51. The molecule has 406 valence electrons. The van der Waals surface area contributed by atoms with Crippen molar-refractivity contribution in [3.05, 3.63) is 105 Å². The van der Waals surface area contributed by atoms with Gasteiger partial charge in [-0.15, -0.1) is 11.3 Å². The van der Waals surface area contributed by atoms with Gasteiger partial charge in [0.05, 0.1) is 35.7 Å². The van der Waals surface area contributed by atoms with Crippen LogP contribution in [0.2, 0.25) is 0 Å². The molecule has 0 saturated carbocycles. The van der Waals surface area contributed by atoms with Crippen LogP contribution in [0.25, 0.3) is 10.1 Å². The van der Waals surface area contributed by atoms with Crippen LogP contribution in [0.1, 0.15) is 112 Å². The average Bonchev–Trinajstić information content (AvgIpc) is 3.95. The molecule has 4 aromatic rings. The summed E-state index contributed by atoms with van der Waals surface area (Å²) in [6.45, 7) is 5.33. The van der Waals surface area contributed by atoms with Crippen LogP contribution < -0.4 is 16.0 Å². The molecule has 4 aliphatic heterocycles. The Balaban J connectivity index is 0.900. The molecule has 0 aliphatic carbocycles. The van der Waals surface area contributed by atoms with Gasteiger partial charge in [0.25, 0.3) is 17.7 Å². The zero-order chi connectivity index (χ0) is 55.6. The van der Waals surface area contributed by atoms with E-state index >= 15 is 0 Å². The maximum atomic E-state index is 14.8. The van der Waals surface area contributed by atoms with E-state index in [1.165, 1.54) is 28.0 Å². The molecular formula is C53H56F2N7O13PS. The van der Waals surface area contributed by atoms with Crippen molar-refractivity contribution < 1.29 is 71.0 Å². The average molecular weight is 1100 g/mol. The molecule has 3 fully saturated rings. The monoisotopic (exact) mass is 1100 g/mol. The lowest BCUT2D eigenvalue weighted by molar-refractivity contribution is -0.158. The number of rotatable bonds is 14. The number of nitrogens with zero attached hydrogens (tertiary/aromatic N) is 4. The summed E-state index contributed by atoms with van der Waals surface area (Å²) >= 11 is 0.913. The molecule has 3 aromatic carbocycles. The van der Waals surface area contributed by atoms with Crippen molar-refractivity contribution in [3.8, 4) is 11.8 Å². The fourth-order valence-corrected chi connectivity index (χ4v) is 11.0. The third-order valence-corrected chi connectivity index (χ3v) is 15.9. The van der Waals surface area contributed by atoms with Crippen LogP contribution in [0.5, 0.6) is 0 Å². The number of benzene rings is 3. The number of hydrogen-bond acceptors (Lipinski definition) is 12. The number of fused-ring (bicyclic) bond motifs is 2. The van der Waals surface area contributed by atoms with Crippen molar-refractivity contribution in [2.75, 3.05) is 45.9 Å². The van der Waals surface area contributed by atoms with Gasteiger partial charge in [0.1, 0.15) is 30.7 Å². The van der Waals surface area contributed by atoms with E-state index in [1.807, 2.05) is 30.3 Å². The van der Waals surface area contributed by atoms with E-state index in [1.54, 1.807) is 37.8 Å². The lowest BCUT2D eigenvalue weighted by Gasteiger charge is -2.45. The van der Waals surface area contributed by atoms with Crippen molar-refractivity contribution in [3.63, 3.8) is 0 Å². The molecule has 9 amide bonds. The number of hydrogen-bond donors (Lipinski definition) is 5. The van der Waals surface area contributed by atoms with E-state index in [9.17, 15) is 66.3 Å². The van der Waals surface area contributed by atoms with Gasteiger partial charge in [-0.05, 0) is 66.0 Å². The minimum absolute atomic E-state index is 0.0103. The maximum absolute atomic E-state index is 14.8. The summed E-state index contributed by atoms with van der Waals surface area (Å²) in [5.41, 5.74) is -5.06. The lowest BCUT2D eigenvalue weighted by atomic mass is 9.85. The molecule has 24 heteroatoms. The first-order chi connectivity index (χ1) is 36.4. The number of nitrogens with one attached hydrogen (secondary N) is 3. The number of amides is 9. The van der Waals surface area contributed by atoms with Crippen molar-refractivity contribution >= 4 is 82.2 Å². The van der Waals surface area contributed by atoms with E-state index in [2.05, 4.69) is 27.8 Å². The number of imide groups is 2. The van der Waals surface area contributed by atoms with Gasteiger partial charge in [-0.3, -0.25) is 57.9 Å². The molecule has 4 atom stereocenters. The van der Waals surface area contributed by atoms with E-state index < -0.39 is 108 Å². The molecule has 0 radical (unpaired) electrons. The van der Waals surface area contributed by atoms with Gasteiger partial charge in [-0.1, -0.05) is 75.1 Å². The third-order valence-electron chi connectivity index (χ3n) is 13.7. The van der Waals surface area contributed by atoms with Crippen LogP contribution in [0.15, 0.2) is 72.8 Å². The number of thiophene rings is 1. The molecule has 4 aliphatic rings. The Labute approximate surface area is 445 Å². The minimum atomic E-state index is -5.87. The fraction of sp³-hybridized carbons (Fsp3) is 0.415. The molecule has 77 heavy (non-hydrogen) atoms. The molecule has 8 rings (SSSR count). The Morgan fingerprint density at radius 3 is 2.38 bits per heavy atom. The molecule has 5 heterocycles. The number of halogens is 2. The Morgan fingerprint density at radius 2 is 1.66 bits per heavy atom. The van der Waals surface area contributed by atoms with Gasteiger partial charge < -0.3 is 39.9 Å². The third kappa shape index (κ3) is 12.2. The van der Waals surface area contributed by atoms with Gasteiger partial charge >= 0.3 is 13.3 Å². The summed E-state index contributed by atoms with van der Waals surface area (Å²) in [6, 6.07) is 14.5. The summed E-state index contributed by atoms with van der Waals surface area (Å²) < 4.78 is 47.1. The zero-order valence-corrected chi connectivity index (χ0v) is 43.9. The topological polar surface area (TPSA) is 269 Å². The highest BCUT2D eigenvalue weighted by atomic mass is 32.1. The molecule has 5 N–H and O–H groups in total. The standard InChI is InChI=1S/C53H56F2N7O13PS/c1-52(2,3)45(58-47(67)40-27-33-26-34(17-19-39(33)77-40)53(54,55)76(72,73)74)51(71)61-23-22-59(29-37(61)49(69)60-24-25-75-38(30-60)31-12-8-6-9-13-31)43(65)28-42(64)56-21-10-5-4-7-14-32-15-11-16-35-44(32)50(70)62(48(35)68)36-18-20-41(63)57-46(36)66/h6,8-9,11-13,15-17,19,26-27,36-38,45H,4-5,10,18,20-25,28-30H2,1-3H3,(H,56,64)(H,58,67)(H,57,63,66)(H2,72,73,74)/t36?,37-,38-,45+/m0/s1. The Bertz CT molecular complexity index is 3170. The van der Waals surface area contributed by atoms with Gasteiger partial charge in [0.15, 0.2) is 0 Å². The molecule has 0 spiro atoms. The minimum Gasteiger partial charge on any atom is -0.370 e. The van der Waals surface area contributed by atoms with E-state index in [0.717, 1.165) is 33.9 Å². The molecule has 1 unspecified atom stereocenters. The Hall–Kier alpha value is -7.22. The SMILES string of the molecule is CC(C)(C)[C@H](NC(=O)c1cc2cc(C(F)(F)P(=O)(O)O)ccc2s1)C(=O)N1CCN(C(=O)CC(=O)NCCCCC#Cc2cccc3c2C(=O)N(C2CCC(=O)NC2=O)C3=O)C[C@H]1C(=O)N1CCO[C@H](c2ccccc2)C1. The smallest absolute Gasteiger partial charge is 0.370 e. The molecule has 0 bridgehead atoms. The molecule has 3 saturated heterocycles. The second-order valence-electron chi connectivity index (χ2n) is 20.1. The first-order valence-corrected chi connectivity index (χ1v) is 27.3. The summed E-state index contributed by atoms with van der Waals surface area (Å²) in [4.78, 5) is 145. The quantitative estimate of drug-likeness (QED) is 0.0393. The highest BCUT2D eigenvalue weighted by Crippen LogP contribution is 2.59. The summed E-state index contributed by atoms with van der Waals surface area (Å²) in [6.07, 6.45) is 0.302. The predicted molar refractivity (Wildman–Crippen MR) is 274 cm³/mol. The Kier molecular flexibility index (Phi) is 16.6. The van der Waals surface area contributed by atoms with Crippen LogP contribution >= 0.6 is 18.9 Å².